The van der Waals surface area contributed by atoms with Gasteiger partial charge in [0, 0.05) is 0 Å². The number of rotatable bonds is 5. The average molecular weight is 260 g/mol. The summed E-state index contributed by atoms with van der Waals surface area (Å²) in [7, 11) is 0. The number of benzene rings is 2. The van der Waals surface area contributed by atoms with Gasteiger partial charge in [0.25, 0.3) is 0 Å². The quantitative estimate of drug-likeness (QED) is 0.867. The summed E-state index contributed by atoms with van der Waals surface area (Å²) < 4.78 is 5.61. The lowest BCUT2D eigenvalue weighted by atomic mass is 10.2. The summed E-state index contributed by atoms with van der Waals surface area (Å²) in [4.78, 5) is 0. The second-order valence-electron chi connectivity index (χ2n) is 3.91. The van der Waals surface area contributed by atoms with E-state index in [-0.39, 0.29) is 13.2 Å². The van der Waals surface area contributed by atoms with E-state index in [1.807, 2.05) is 36.4 Å². The van der Waals surface area contributed by atoms with Crippen LogP contribution in [0.4, 0.5) is 0 Å². The van der Waals surface area contributed by atoms with Crippen molar-refractivity contribution in [1.82, 2.24) is 0 Å². The third kappa shape index (κ3) is 7.36. The Morgan fingerprint density at radius 3 is 1.32 bits per heavy atom. The van der Waals surface area contributed by atoms with Crippen LogP contribution in [0.3, 0.4) is 0 Å². The van der Waals surface area contributed by atoms with Gasteiger partial charge in [-0.05, 0) is 11.1 Å². The third-order valence-corrected chi connectivity index (χ3v) is 2.32. The molecule has 3 nitrogen and oxygen atoms in total. The molecule has 0 fully saturated rings. The molecule has 0 unspecified atom stereocenters. The van der Waals surface area contributed by atoms with Gasteiger partial charge in [0.15, 0.2) is 0 Å². The Labute approximate surface area is 114 Å². The molecule has 0 aliphatic carbocycles. The highest BCUT2D eigenvalue weighted by atomic mass is 16.5. The zero-order valence-electron chi connectivity index (χ0n) is 10.9. The predicted molar refractivity (Wildman–Crippen MR) is 75.5 cm³/mol. The molecule has 2 rings (SSSR count). The Balaban J connectivity index is 0.000000399. The topological polar surface area (TPSA) is 49.7 Å². The van der Waals surface area contributed by atoms with Crippen LogP contribution in [0.1, 0.15) is 11.1 Å². The van der Waals surface area contributed by atoms with E-state index in [9.17, 15) is 0 Å². The highest BCUT2D eigenvalue weighted by Crippen LogP contribution is 2.05. The van der Waals surface area contributed by atoms with Crippen molar-refractivity contribution in [1.29, 1.82) is 0 Å². The van der Waals surface area contributed by atoms with Gasteiger partial charge < -0.3 is 14.9 Å². The van der Waals surface area contributed by atoms with Crippen molar-refractivity contribution >= 4 is 0 Å². The Kier molecular flexibility index (Phi) is 8.31. The Bertz CT molecular complexity index is 373. The zero-order chi connectivity index (χ0) is 13.8. The lowest BCUT2D eigenvalue weighted by Crippen LogP contribution is -1.93. The Morgan fingerprint density at radius 1 is 0.632 bits per heavy atom. The van der Waals surface area contributed by atoms with Crippen LogP contribution in [-0.4, -0.2) is 23.4 Å². The van der Waals surface area contributed by atoms with Gasteiger partial charge in [0.05, 0.1) is 26.4 Å². The van der Waals surface area contributed by atoms with E-state index in [2.05, 4.69) is 24.3 Å². The van der Waals surface area contributed by atoms with Crippen molar-refractivity contribution in [3.8, 4) is 0 Å². The highest BCUT2D eigenvalue weighted by Gasteiger charge is 1.93. The molecule has 2 aromatic carbocycles. The van der Waals surface area contributed by atoms with Crippen molar-refractivity contribution in [3.05, 3.63) is 71.8 Å². The molecule has 0 spiro atoms. The first kappa shape index (κ1) is 15.4. The lowest BCUT2D eigenvalue weighted by Gasteiger charge is -2.03. The molecule has 19 heavy (non-hydrogen) atoms. The fourth-order valence-electron chi connectivity index (χ4n) is 1.44. The molecule has 2 N–H and O–H groups in total. The third-order valence-electron chi connectivity index (χ3n) is 2.32. The Morgan fingerprint density at radius 2 is 1.00 bits per heavy atom. The van der Waals surface area contributed by atoms with Gasteiger partial charge in [-0.2, -0.15) is 0 Å². The van der Waals surface area contributed by atoms with Gasteiger partial charge in [0.1, 0.15) is 0 Å². The highest BCUT2D eigenvalue weighted by molar-refractivity contribution is 5.15. The van der Waals surface area contributed by atoms with Gasteiger partial charge in [-0.25, -0.2) is 0 Å². The summed E-state index contributed by atoms with van der Waals surface area (Å²) in [6, 6.07) is 20.4. The summed E-state index contributed by atoms with van der Waals surface area (Å²) in [6.45, 7) is 1.10. The molecule has 0 bridgehead atoms. The molecular weight excluding hydrogens is 240 g/mol. The summed E-state index contributed by atoms with van der Waals surface area (Å²) in [6.07, 6.45) is 0. The molecule has 0 radical (unpaired) electrons. The molecule has 0 saturated carbocycles. The van der Waals surface area contributed by atoms with Crippen molar-refractivity contribution in [2.24, 2.45) is 0 Å². The molecule has 0 amide bonds. The fourth-order valence-corrected chi connectivity index (χ4v) is 1.44. The van der Waals surface area contributed by atoms with Crippen LogP contribution < -0.4 is 0 Å². The summed E-state index contributed by atoms with van der Waals surface area (Å²) in [5.41, 5.74) is 2.43. The smallest absolute Gasteiger partial charge is 0.0721 e. The van der Waals surface area contributed by atoms with Gasteiger partial charge in [0.2, 0.25) is 0 Å². The van der Waals surface area contributed by atoms with Crippen LogP contribution in [0.25, 0.3) is 0 Å². The summed E-state index contributed by atoms with van der Waals surface area (Å²) >= 11 is 0. The molecule has 0 aliphatic heterocycles. The second-order valence-corrected chi connectivity index (χ2v) is 3.91. The van der Waals surface area contributed by atoms with Gasteiger partial charge in [-0.1, -0.05) is 60.7 Å². The first-order valence-electron chi connectivity index (χ1n) is 6.24. The predicted octanol–water partition coefficient (Wildman–Crippen LogP) is 2.37. The molecule has 0 aliphatic rings. The minimum atomic E-state index is -0.125. The Hall–Kier alpha value is -1.68. The van der Waals surface area contributed by atoms with Crippen LogP contribution in [0.5, 0.6) is 0 Å². The van der Waals surface area contributed by atoms with Gasteiger partial charge in [-0.3, -0.25) is 0 Å². The molecular formula is C16H20O3. The molecule has 0 aromatic heterocycles. The number of aliphatic hydroxyl groups is 2. The van der Waals surface area contributed by atoms with E-state index < -0.39 is 0 Å². The van der Waals surface area contributed by atoms with E-state index >= 15 is 0 Å². The molecule has 0 saturated heterocycles. The van der Waals surface area contributed by atoms with Crippen LogP contribution in [0.2, 0.25) is 0 Å². The standard InChI is InChI=1S/C14H14O.C2H6O2/c1-3-7-13(8-4-1)11-15-12-14-9-5-2-6-10-14;3-1-2-4/h1-10H,11-12H2;3-4H,1-2H2. The summed E-state index contributed by atoms with van der Waals surface area (Å²) in [5.74, 6) is 0. The van der Waals surface area contributed by atoms with Crippen molar-refractivity contribution in [2.45, 2.75) is 13.2 Å². The maximum Gasteiger partial charge on any atom is 0.0721 e. The monoisotopic (exact) mass is 260 g/mol. The van der Waals surface area contributed by atoms with Crippen molar-refractivity contribution in [2.75, 3.05) is 13.2 Å². The first-order valence-corrected chi connectivity index (χ1v) is 6.24. The van der Waals surface area contributed by atoms with E-state index in [1.54, 1.807) is 0 Å². The molecule has 3 heteroatoms. The van der Waals surface area contributed by atoms with Crippen LogP contribution in [-0.2, 0) is 18.0 Å². The molecule has 102 valence electrons. The van der Waals surface area contributed by atoms with E-state index in [1.165, 1.54) is 11.1 Å². The average Bonchev–Trinajstić information content (AvgIpc) is 2.50. The normalized spacial score (nSPS) is 9.58. The van der Waals surface area contributed by atoms with E-state index in [4.69, 9.17) is 14.9 Å². The van der Waals surface area contributed by atoms with Crippen LogP contribution >= 0.6 is 0 Å². The molecule has 2 aromatic rings. The van der Waals surface area contributed by atoms with Gasteiger partial charge in [-0.15, -0.1) is 0 Å². The minimum Gasteiger partial charge on any atom is -0.394 e. The zero-order valence-corrected chi connectivity index (χ0v) is 10.9. The number of hydrogen-bond acceptors (Lipinski definition) is 3. The van der Waals surface area contributed by atoms with Gasteiger partial charge >= 0.3 is 0 Å². The SMILES string of the molecule is OCCO.c1ccc(COCc2ccccc2)cc1. The van der Waals surface area contributed by atoms with Crippen LogP contribution in [0, 0.1) is 0 Å². The maximum absolute atomic E-state index is 7.62. The van der Waals surface area contributed by atoms with Crippen LogP contribution in [0.15, 0.2) is 60.7 Å². The number of ether oxygens (including phenoxy) is 1. The maximum atomic E-state index is 7.62. The first-order chi connectivity index (χ1) is 9.36. The minimum absolute atomic E-state index is 0.125. The van der Waals surface area contributed by atoms with E-state index in [0.717, 1.165) is 0 Å². The lowest BCUT2D eigenvalue weighted by molar-refractivity contribution is 0.107. The fraction of sp³-hybridized carbons (Fsp3) is 0.250. The second kappa shape index (κ2) is 10.3. The van der Waals surface area contributed by atoms with Crippen molar-refractivity contribution < 1.29 is 14.9 Å². The molecule has 0 heterocycles. The number of hydrogen-bond donors (Lipinski definition) is 2. The summed E-state index contributed by atoms with van der Waals surface area (Å²) in [5, 5.41) is 15.2. The molecule has 0 atom stereocenters. The largest absolute Gasteiger partial charge is 0.394 e. The van der Waals surface area contributed by atoms with Crippen molar-refractivity contribution in [3.63, 3.8) is 0 Å². The van der Waals surface area contributed by atoms with E-state index in [0.29, 0.717) is 13.2 Å². The number of aliphatic hydroxyl groups excluding tert-OH is 2.